The van der Waals surface area contributed by atoms with E-state index < -0.39 is 0 Å². The summed E-state index contributed by atoms with van der Waals surface area (Å²) in [7, 11) is 1.94. The molecule has 7 heteroatoms. The largest absolute Gasteiger partial charge is 1.00 e. The number of benzene rings is 1. The van der Waals surface area contributed by atoms with E-state index in [1.807, 2.05) is 42.1 Å². The molecule has 2 aromatic rings. The number of hydrogen-bond acceptors (Lipinski definition) is 3. The van der Waals surface area contributed by atoms with Crippen molar-refractivity contribution < 1.29 is 44.3 Å². The number of anilines is 1. The summed E-state index contributed by atoms with van der Waals surface area (Å²) in [5.41, 5.74) is 1.84. The average molecular weight is 311 g/mol. The monoisotopic (exact) mass is 311 g/mol. The van der Waals surface area contributed by atoms with Gasteiger partial charge in [0.1, 0.15) is 0 Å². The topological polar surface area (TPSA) is 77.4 Å². The quantitative estimate of drug-likeness (QED) is 0.619. The molecule has 112 valence electrons. The zero-order valence-electron chi connectivity index (χ0n) is 13.1. The summed E-state index contributed by atoms with van der Waals surface area (Å²) in [6.45, 7) is 2.00. The fraction of sp³-hybridized carbons (Fsp3) is 0.333. The molecule has 1 aliphatic heterocycles. The van der Waals surface area contributed by atoms with Gasteiger partial charge in [-0.05, 0) is 12.1 Å². The van der Waals surface area contributed by atoms with Crippen molar-refractivity contribution in [1.29, 1.82) is 0 Å². The molecule has 22 heavy (non-hydrogen) atoms. The average Bonchev–Trinajstić information content (AvgIpc) is 2.82. The predicted octanol–water partition coefficient (Wildman–Crippen LogP) is -2.00. The molecule has 0 saturated carbocycles. The number of aryl methyl sites for hydroxylation is 1. The third kappa shape index (κ3) is 3.89. The van der Waals surface area contributed by atoms with Crippen LogP contribution in [0.2, 0.25) is 0 Å². The molecule has 1 N–H and O–H groups in total. The van der Waals surface area contributed by atoms with Crippen molar-refractivity contribution in [1.82, 2.24) is 9.88 Å². The molecule has 3 rings (SSSR count). The molecule has 1 fully saturated rings. The number of hydrogen-bond donors (Lipinski definition) is 1. The van der Waals surface area contributed by atoms with Crippen molar-refractivity contribution in [3.8, 4) is 0 Å². The third-order valence-corrected chi connectivity index (χ3v) is 3.22. The molecular formula is C15H18N3NaO3. The Kier molecular flexibility index (Phi) is 7.09. The van der Waals surface area contributed by atoms with Gasteiger partial charge in [0.2, 0.25) is 5.91 Å². The summed E-state index contributed by atoms with van der Waals surface area (Å²) in [6.07, 6.45) is 2.30. The van der Waals surface area contributed by atoms with Crippen LogP contribution in [0, 0.1) is 0 Å². The molecular weight excluding hydrogens is 293 g/mol. The third-order valence-electron chi connectivity index (χ3n) is 3.22. The van der Waals surface area contributed by atoms with Gasteiger partial charge in [0.25, 0.3) is 0 Å². The molecule has 0 atom stereocenters. The second-order valence-electron chi connectivity index (χ2n) is 4.69. The van der Waals surface area contributed by atoms with Crippen molar-refractivity contribution in [3.63, 3.8) is 0 Å². The first kappa shape index (κ1) is 18.7. The number of amides is 3. The smallest absolute Gasteiger partial charge is 0.855 e. The molecule has 1 aliphatic rings. The maximum Gasteiger partial charge on any atom is 1.00 e. The Bertz CT molecular complexity index is 669. The van der Waals surface area contributed by atoms with Gasteiger partial charge < -0.3 is 9.67 Å². The van der Waals surface area contributed by atoms with Crippen molar-refractivity contribution in [2.24, 2.45) is 7.05 Å². The van der Waals surface area contributed by atoms with E-state index in [0.29, 0.717) is 13.0 Å². The molecule has 1 aromatic heterocycles. The van der Waals surface area contributed by atoms with E-state index in [1.165, 1.54) is 0 Å². The fourth-order valence-corrected chi connectivity index (χ4v) is 2.35. The summed E-state index contributed by atoms with van der Waals surface area (Å²) in [5, 5.41) is 12.4. The number of carbonyl (C=O) groups excluding carboxylic acids is 2. The van der Waals surface area contributed by atoms with E-state index in [9.17, 15) is 9.59 Å². The molecule has 0 unspecified atom stereocenters. The Balaban J connectivity index is 0.000000562. The second kappa shape index (κ2) is 8.33. The first-order chi connectivity index (χ1) is 10.1. The van der Waals surface area contributed by atoms with Gasteiger partial charge in [-0.1, -0.05) is 19.1 Å². The van der Waals surface area contributed by atoms with Crippen molar-refractivity contribution in [2.45, 2.75) is 13.3 Å². The first-order valence-corrected chi connectivity index (χ1v) is 6.82. The fourth-order valence-electron chi connectivity index (χ4n) is 2.35. The van der Waals surface area contributed by atoms with E-state index >= 15 is 0 Å². The molecule has 0 radical (unpaired) electrons. The maximum absolute atomic E-state index is 11.9. The number of aromatic nitrogens is 1. The Labute approximate surface area is 151 Å². The number of nitrogens with one attached hydrogen (secondary N) is 1. The molecule has 3 amide bonds. The van der Waals surface area contributed by atoms with Crippen LogP contribution < -0.4 is 44.9 Å². The number of fused-ring (bicyclic) bond motifs is 1. The van der Waals surface area contributed by atoms with Crippen LogP contribution in [-0.2, 0) is 11.8 Å². The van der Waals surface area contributed by atoms with Crippen LogP contribution in [-0.4, -0.2) is 29.7 Å². The SMILES string of the molecule is CC[O-].Cn1ccc2cccc(N3CCC(=O)NC3=O)c21.[Na+]. The van der Waals surface area contributed by atoms with Crippen LogP contribution in [0.5, 0.6) is 0 Å². The number of nitrogens with zero attached hydrogens (tertiary/aromatic N) is 2. The van der Waals surface area contributed by atoms with Crippen LogP contribution >= 0.6 is 0 Å². The minimum atomic E-state index is -0.347. The summed E-state index contributed by atoms with van der Waals surface area (Å²) in [6, 6.07) is 7.48. The van der Waals surface area contributed by atoms with Gasteiger partial charge in [0, 0.05) is 31.6 Å². The van der Waals surface area contributed by atoms with Crippen molar-refractivity contribution in [3.05, 3.63) is 30.5 Å². The minimum absolute atomic E-state index is 0. The van der Waals surface area contributed by atoms with Crippen molar-refractivity contribution in [2.75, 3.05) is 18.1 Å². The predicted molar refractivity (Wildman–Crippen MR) is 79.0 cm³/mol. The summed E-state index contributed by atoms with van der Waals surface area (Å²) in [5.74, 6) is -0.213. The maximum atomic E-state index is 11.9. The number of urea groups is 1. The van der Waals surface area contributed by atoms with E-state index in [1.54, 1.807) is 11.8 Å². The first-order valence-electron chi connectivity index (χ1n) is 6.82. The van der Waals surface area contributed by atoms with E-state index in [0.717, 1.165) is 16.6 Å². The van der Waals surface area contributed by atoms with Crippen molar-refractivity contribution >= 4 is 28.5 Å². The number of imide groups is 1. The summed E-state index contributed by atoms with van der Waals surface area (Å²) >= 11 is 0. The Hall–Kier alpha value is -1.34. The van der Waals surface area contributed by atoms with E-state index in [-0.39, 0.29) is 48.1 Å². The van der Waals surface area contributed by atoms with Gasteiger partial charge in [0.15, 0.2) is 0 Å². The molecule has 2 heterocycles. The van der Waals surface area contributed by atoms with Crippen LogP contribution in [0.3, 0.4) is 0 Å². The summed E-state index contributed by atoms with van der Waals surface area (Å²) in [4.78, 5) is 24.6. The molecule has 6 nitrogen and oxygen atoms in total. The van der Waals surface area contributed by atoms with Crippen LogP contribution in [0.15, 0.2) is 30.5 Å². The Morgan fingerprint density at radius 1 is 1.27 bits per heavy atom. The zero-order chi connectivity index (χ0) is 15.4. The molecule has 1 saturated heterocycles. The minimum Gasteiger partial charge on any atom is -0.855 e. The molecule has 0 bridgehead atoms. The molecule has 0 spiro atoms. The van der Waals surface area contributed by atoms with Gasteiger partial charge in [-0.3, -0.25) is 15.0 Å². The van der Waals surface area contributed by atoms with E-state index in [2.05, 4.69) is 5.32 Å². The van der Waals surface area contributed by atoms with Gasteiger partial charge in [-0.2, -0.15) is 0 Å². The Morgan fingerprint density at radius 2 is 1.95 bits per heavy atom. The number of para-hydroxylation sites is 1. The normalized spacial score (nSPS) is 14.0. The molecule has 0 aliphatic carbocycles. The zero-order valence-corrected chi connectivity index (χ0v) is 15.1. The second-order valence-corrected chi connectivity index (χ2v) is 4.69. The number of carbonyl (C=O) groups is 2. The van der Waals surface area contributed by atoms with Crippen LogP contribution in [0.25, 0.3) is 10.9 Å². The van der Waals surface area contributed by atoms with Gasteiger partial charge in [-0.25, -0.2) is 4.79 Å². The van der Waals surface area contributed by atoms with Crippen LogP contribution in [0.1, 0.15) is 13.3 Å². The Morgan fingerprint density at radius 3 is 2.59 bits per heavy atom. The van der Waals surface area contributed by atoms with E-state index in [4.69, 9.17) is 5.11 Å². The van der Waals surface area contributed by atoms with Gasteiger partial charge in [-0.15, -0.1) is 6.61 Å². The molecule has 1 aromatic carbocycles. The van der Waals surface area contributed by atoms with Gasteiger partial charge in [0.05, 0.1) is 11.2 Å². The van der Waals surface area contributed by atoms with Crippen LogP contribution in [0.4, 0.5) is 10.5 Å². The van der Waals surface area contributed by atoms with Gasteiger partial charge >= 0.3 is 35.6 Å². The number of rotatable bonds is 1. The standard InChI is InChI=1S/C13H13N3O2.C2H5O.Na/c1-15-7-5-9-3-2-4-10(12(9)15)16-8-6-11(17)14-13(16)18;1-2-3;/h2-5,7H,6,8H2,1H3,(H,14,17,18);2H2,1H3;/q;-1;+1. The summed E-state index contributed by atoms with van der Waals surface area (Å²) < 4.78 is 1.98.